The Morgan fingerprint density at radius 1 is 0.441 bits per heavy atom. The van der Waals surface area contributed by atoms with E-state index in [1.54, 1.807) is 0 Å². The molecule has 0 bridgehead atoms. The first-order valence-electron chi connectivity index (χ1n) is 27.8. The van der Waals surface area contributed by atoms with Crippen molar-refractivity contribution in [1.29, 1.82) is 0 Å². The van der Waals surface area contributed by atoms with Gasteiger partial charge in [0.05, 0.1) is 25.2 Å². The number of esters is 1. The van der Waals surface area contributed by atoms with Crippen LogP contribution in [0.1, 0.15) is 233 Å². The molecule has 6 heteroatoms. The van der Waals surface area contributed by atoms with Gasteiger partial charge in [0.25, 0.3) is 0 Å². The van der Waals surface area contributed by atoms with Crippen LogP contribution < -0.4 is 5.32 Å². The van der Waals surface area contributed by atoms with Crippen LogP contribution in [0.4, 0.5) is 0 Å². The van der Waals surface area contributed by atoms with E-state index in [2.05, 4.69) is 148 Å². The van der Waals surface area contributed by atoms with Crippen molar-refractivity contribution in [3.63, 3.8) is 0 Å². The summed E-state index contributed by atoms with van der Waals surface area (Å²) >= 11 is 0. The van der Waals surface area contributed by atoms with Crippen LogP contribution in [0.5, 0.6) is 0 Å². The van der Waals surface area contributed by atoms with Gasteiger partial charge < -0.3 is 20.3 Å². The Hall–Kier alpha value is -3.74. The highest BCUT2D eigenvalue weighted by molar-refractivity contribution is 5.77. The number of ether oxygens (including phenoxy) is 1. The molecule has 0 aromatic carbocycles. The molecule has 0 fully saturated rings. The Morgan fingerprint density at radius 2 is 0.794 bits per heavy atom. The first kappa shape index (κ1) is 64.3. The molecule has 0 rings (SSSR count). The average molecular weight is 943 g/mol. The summed E-state index contributed by atoms with van der Waals surface area (Å²) in [6.07, 6.45) is 75.5. The Balaban J connectivity index is 4.79. The normalized spacial score (nSPS) is 14.1. The summed E-state index contributed by atoms with van der Waals surface area (Å²) in [5.74, 6) is -0.608. The first-order valence-corrected chi connectivity index (χ1v) is 27.8. The molecule has 0 spiro atoms. The van der Waals surface area contributed by atoms with E-state index < -0.39 is 18.2 Å². The van der Waals surface area contributed by atoms with Gasteiger partial charge in [-0.1, -0.05) is 239 Å². The summed E-state index contributed by atoms with van der Waals surface area (Å²) in [6, 6.07) is -0.740. The van der Waals surface area contributed by atoms with Crippen molar-refractivity contribution in [1.82, 2.24) is 5.32 Å². The lowest BCUT2D eigenvalue weighted by Gasteiger charge is -2.24. The van der Waals surface area contributed by atoms with Crippen LogP contribution in [-0.2, 0) is 14.3 Å². The topological polar surface area (TPSA) is 95.9 Å². The van der Waals surface area contributed by atoms with Gasteiger partial charge in [0.1, 0.15) is 6.10 Å². The average Bonchev–Trinajstić information content (AvgIpc) is 3.33. The number of allylic oxidation sites excluding steroid dienone is 20. The van der Waals surface area contributed by atoms with Gasteiger partial charge in [0.15, 0.2) is 0 Å². The van der Waals surface area contributed by atoms with Crippen molar-refractivity contribution in [2.24, 2.45) is 0 Å². The van der Waals surface area contributed by atoms with E-state index in [0.717, 1.165) is 103 Å². The van der Waals surface area contributed by atoms with Gasteiger partial charge in [0.2, 0.25) is 5.91 Å². The number of aliphatic hydroxyl groups excluding tert-OH is 2. The van der Waals surface area contributed by atoms with Crippen LogP contribution in [0.3, 0.4) is 0 Å². The zero-order valence-corrected chi connectivity index (χ0v) is 43.9. The Bertz CT molecular complexity index is 1430. The predicted molar refractivity (Wildman–Crippen MR) is 296 cm³/mol. The van der Waals surface area contributed by atoms with E-state index in [0.29, 0.717) is 25.7 Å². The van der Waals surface area contributed by atoms with E-state index >= 15 is 0 Å². The second-order valence-corrected chi connectivity index (χ2v) is 18.2. The largest absolute Gasteiger partial charge is 0.462 e. The maximum atomic E-state index is 13.3. The van der Waals surface area contributed by atoms with Crippen molar-refractivity contribution < 1.29 is 24.5 Å². The Morgan fingerprint density at radius 3 is 1.18 bits per heavy atom. The summed E-state index contributed by atoms with van der Waals surface area (Å²) in [5, 5.41) is 23.8. The van der Waals surface area contributed by atoms with Gasteiger partial charge in [-0.25, -0.2) is 0 Å². The molecule has 0 aromatic rings. The van der Waals surface area contributed by atoms with E-state index in [4.69, 9.17) is 4.74 Å². The minimum atomic E-state index is -0.821. The van der Waals surface area contributed by atoms with Crippen molar-refractivity contribution in [3.05, 3.63) is 122 Å². The number of hydrogen-bond donors (Lipinski definition) is 3. The standard InChI is InChI=1S/C62H103NO5/c1-4-7-10-13-16-19-22-25-28-30-33-35-38-41-44-47-50-53-58(68-62(67)55-52-49-46-43-40-37-34-31-29-26-23-20-17-14-11-8-5-2)56-61(66)63-59(57-64)60(65)54-51-48-45-42-39-36-32-27-24-21-18-15-12-9-6-3/h7-8,10-11,16-17,19-20,25-26,28-29,33-35,37,41,43-44,46,58-60,64-65H,4-6,9,12-15,18,21-24,27,30-32,36,38-40,42,45,47-57H2,1-3H3,(H,63,66)/b10-7-,11-8-,19-16-,20-17-,28-25-,29-26-,35-33-,37-34-,44-41-,46-43-. The quantitative estimate of drug-likeness (QED) is 0.0321. The SMILES string of the molecule is CC/C=C\C/C=C\C/C=C\C/C=C\C/C=C\CCCC(=O)OC(CCC/C=C\C/C=C\C/C=C\C/C=C\C/C=C\CC)CC(=O)NC(CO)C(O)CCCCCCCCCCCCCCCCC. The fourth-order valence-corrected chi connectivity index (χ4v) is 7.67. The number of aliphatic hydroxyl groups is 2. The molecule has 6 nitrogen and oxygen atoms in total. The van der Waals surface area contributed by atoms with Crippen LogP contribution in [-0.4, -0.2) is 46.9 Å². The number of unbranched alkanes of at least 4 members (excludes halogenated alkanes) is 16. The first-order chi connectivity index (χ1) is 33.5. The molecule has 0 radical (unpaired) electrons. The Labute approximate surface area is 419 Å². The summed E-state index contributed by atoms with van der Waals surface area (Å²) in [4.78, 5) is 26.2. The lowest BCUT2D eigenvalue weighted by atomic mass is 10.0. The fourth-order valence-electron chi connectivity index (χ4n) is 7.67. The van der Waals surface area contributed by atoms with Crippen LogP contribution in [0.15, 0.2) is 122 Å². The molecular formula is C62H103NO5. The number of hydrogen-bond acceptors (Lipinski definition) is 5. The van der Waals surface area contributed by atoms with Crippen LogP contribution in [0.25, 0.3) is 0 Å². The number of carbonyl (C=O) groups is 2. The molecule has 0 heterocycles. The second-order valence-electron chi connectivity index (χ2n) is 18.2. The number of nitrogens with one attached hydrogen (secondary N) is 1. The van der Waals surface area contributed by atoms with Gasteiger partial charge in [-0.15, -0.1) is 0 Å². The molecule has 68 heavy (non-hydrogen) atoms. The van der Waals surface area contributed by atoms with Crippen LogP contribution >= 0.6 is 0 Å². The lowest BCUT2D eigenvalue weighted by molar-refractivity contribution is -0.151. The summed E-state index contributed by atoms with van der Waals surface area (Å²) in [5.41, 5.74) is 0. The van der Waals surface area contributed by atoms with E-state index in [1.807, 2.05) is 0 Å². The molecule has 3 atom stereocenters. The third kappa shape index (κ3) is 48.7. The van der Waals surface area contributed by atoms with Gasteiger partial charge in [-0.3, -0.25) is 9.59 Å². The van der Waals surface area contributed by atoms with Gasteiger partial charge in [-0.2, -0.15) is 0 Å². The Kier molecular flexibility index (Phi) is 51.2. The monoisotopic (exact) mass is 942 g/mol. The van der Waals surface area contributed by atoms with Crippen molar-refractivity contribution in [3.8, 4) is 0 Å². The fraction of sp³-hybridized carbons (Fsp3) is 0.645. The summed E-state index contributed by atoms with van der Waals surface area (Å²) < 4.78 is 5.89. The molecule has 0 saturated heterocycles. The molecule has 0 aromatic heterocycles. The summed E-state index contributed by atoms with van der Waals surface area (Å²) in [7, 11) is 0. The zero-order chi connectivity index (χ0) is 49.5. The molecular weight excluding hydrogens is 839 g/mol. The molecule has 0 aliphatic heterocycles. The third-order valence-electron chi connectivity index (χ3n) is 11.8. The number of carbonyl (C=O) groups excluding carboxylic acids is 2. The number of rotatable bonds is 48. The van der Waals surface area contributed by atoms with E-state index in [9.17, 15) is 19.8 Å². The van der Waals surface area contributed by atoms with Crippen molar-refractivity contribution in [2.75, 3.05) is 6.61 Å². The van der Waals surface area contributed by atoms with Crippen molar-refractivity contribution in [2.45, 2.75) is 251 Å². The highest BCUT2D eigenvalue weighted by atomic mass is 16.5. The minimum Gasteiger partial charge on any atom is -0.462 e. The second kappa shape index (κ2) is 54.2. The van der Waals surface area contributed by atoms with Crippen molar-refractivity contribution >= 4 is 11.9 Å². The highest BCUT2D eigenvalue weighted by Crippen LogP contribution is 2.16. The molecule has 0 aliphatic rings. The predicted octanol–water partition coefficient (Wildman–Crippen LogP) is 17.2. The molecule has 386 valence electrons. The van der Waals surface area contributed by atoms with E-state index in [1.165, 1.54) is 77.0 Å². The maximum absolute atomic E-state index is 13.3. The minimum absolute atomic E-state index is 0.00829. The van der Waals surface area contributed by atoms with Gasteiger partial charge in [-0.05, 0) is 103 Å². The zero-order valence-electron chi connectivity index (χ0n) is 43.9. The highest BCUT2D eigenvalue weighted by Gasteiger charge is 2.24. The maximum Gasteiger partial charge on any atom is 0.306 e. The summed E-state index contributed by atoms with van der Waals surface area (Å²) in [6.45, 7) is 6.23. The van der Waals surface area contributed by atoms with Gasteiger partial charge in [0, 0.05) is 6.42 Å². The number of amides is 1. The van der Waals surface area contributed by atoms with Gasteiger partial charge >= 0.3 is 5.97 Å². The molecule has 0 aliphatic carbocycles. The molecule has 0 saturated carbocycles. The van der Waals surface area contributed by atoms with Crippen LogP contribution in [0, 0.1) is 0 Å². The lowest BCUT2D eigenvalue weighted by Crippen LogP contribution is -2.46. The molecule has 1 amide bonds. The van der Waals surface area contributed by atoms with E-state index in [-0.39, 0.29) is 24.9 Å². The third-order valence-corrected chi connectivity index (χ3v) is 11.8. The molecule has 3 unspecified atom stereocenters. The smallest absolute Gasteiger partial charge is 0.306 e. The van der Waals surface area contributed by atoms with Crippen LogP contribution in [0.2, 0.25) is 0 Å². The molecule has 3 N–H and O–H groups in total.